The number of aliphatic hydroxyl groups excluding tert-OH is 3. The minimum atomic E-state index is -3.68. The highest BCUT2D eigenvalue weighted by molar-refractivity contribution is 7.45. The lowest BCUT2D eigenvalue weighted by Crippen LogP contribution is -2.45. The van der Waals surface area contributed by atoms with E-state index in [0.717, 1.165) is 6.66 Å². The monoisotopic (exact) mass is 290 g/mol. The van der Waals surface area contributed by atoms with Gasteiger partial charge in [0.15, 0.2) is 0 Å². The van der Waals surface area contributed by atoms with Crippen LogP contribution in [0.3, 0.4) is 0 Å². The summed E-state index contributed by atoms with van der Waals surface area (Å²) in [6.07, 6.45) is -7.25. The van der Waals surface area contributed by atoms with Crippen LogP contribution in [-0.2, 0) is 9.36 Å². The van der Waals surface area contributed by atoms with E-state index in [2.05, 4.69) is 0 Å². The normalized spacial score (nSPS) is 17.8. The van der Waals surface area contributed by atoms with Crippen molar-refractivity contribution in [3.8, 4) is 0 Å². The molecule has 0 rings (SSSR count). The Balaban J connectivity index is 4.46. The molecule has 0 aromatic heterocycles. The first-order valence-corrected chi connectivity index (χ1v) is 6.56. The maximum Gasteiger partial charge on any atom is 0.443 e. The summed E-state index contributed by atoms with van der Waals surface area (Å²) >= 11 is 0. The fourth-order valence-corrected chi connectivity index (χ4v) is 1.54. The van der Waals surface area contributed by atoms with Gasteiger partial charge in [0, 0.05) is 0 Å². The zero-order valence-electron chi connectivity index (χ0n) is 9.48. The lowest BCUT2D eigenvalue weighted by atomic mass is 10.1. The third-order valence-electron chi connectivity index (χ3n) is 2.20. The smallest absolute Gasteiger partial charge is 0.390 e. The highest BCUT2D eigenvalue weighted by atomic mass is 31.1. The van der Waals surface area contributed by atoms with Gasteiger partial charge in [-0.1, -0.05) is 4.57 Å². The van der Waals surface area contributed by atoms with Gasteiger partial charge in [0.1, 0.15) is 18.9 Å². The Bertz CT molecular complexity index is 305. The molecule has 1 amide bonds. The molecular formula is C8H15F2NO6P+. The molecule has 0 aliphatic heterocycles. The Morgan fingerprint density at radius 2 is 1.83 bits per heavy atom. The molecule has 0 radical (unpaired) electrons. The van der Waals surface area contributed by atoms with Crippen LogP contribution >= 0.6 is 7.80 Å². The van der Waals surface area contributed by atoms with E-state index >= 15 is 0 Å². The Morgan fingerprint density at radius 1 is 1.33 bits per heavy atom. The Labute approximate surface area is 102 Å². The number of carbonyl (C=O) groups excluding carboxylic acids is 1. The van der Waals surface area contributed by atoms with Gasteiger partial charge in [-0.05, 0) is 0 Å². The first kappa shape index (κ1) is 17.3. The molecule has 0 fully saturated rings. The van der Waals surface area contributed by atoms with E-state index in [-0.39, 0.29) is 11.5 Å². The third kappa shape index (κ3) is 5.28. The van der Waals surface area contributed by atoms with Gasteiger partial charge in [0.05, 0.1) is 19.1 Å². The molecule has 0 aliphatic rings. The van der Waals surface area contributed by atoms with E-state index in [4.69, 9.17) is 5.21 Å². The highest BCUT2D eigenvalue weighted by Gasteiger charge is 2.50. The summed E-state index contributed by atoms with van der Waals surface area (Å²) in [5, 5.41) is 36.5. The lowest BCUT2D eigenvalue weighted by molar-refractivity contribution is -0.164. The average Bonchev–Trinajstić information content (AvgIpc) is 2.26. The van der Waals surface area contributed by atoms with Gasteiger partial charge >= 0.3 is 13.5 Å². The van der Waals surface area contributed by atoms with Gasteiger partial charge in [-0.3, -0.25) is 10.0 Å². The number of amides is 1. The standard InChI is InChI=1S/C8H15F2NO6P/c1-18(17)8(9,10)2-5(13)7(15)6(14)3-11(16)4-12/h4-7,13-16H,2-3H2,1H3/q+1/t5-,6+,7-/m1/s1. The van der Waals surface area contributed by atoms with Gasteiger partial charge in [0.25, 0.3) is 0 Å². The third-order valence-corrected chi connectivity index (χ3v) is 3.30. The predicted molar refractivity (Wildman–Crippen MR) is 55.7 cm³/mol. The van der Waals surface area contributed by atoms with Crippen LogP contribution < -0.4 is 0 Å². The minimum absolute atomic E-state index is 0.0148. The molecule has 0 bridgehead atoms. The SMILES string of the molecule is C[P+](=O)C(F)(F)C[C@@H](O)[C@@H](O)[C@@H](O)CN(O)C=O. The molecule has 0 aromatic rings. The summed E-state index contributed by atoms with van der Waals surface area (Å²) in [5.41, 5.74) is -3.68. The second-order valence-corrected chi connectivity index (χ2v) is 5.37. The lowest BCUT2D eigenvalue weighted by Gasteiger charge is -2.24. The largest absolute Gasteiger partial charge is 0.443 e. The maximum absolute atomic E-state index is 13.0. The average molecular weight is 290 g/mol. The number of aliphatic hydroxyl groups is 3. The molecule has 0 spiro atoms. The van der Waals surface area contributed by atoms with Crippen LogP contribution in [-0.4, -0.2) is 69.2 Å². The summed E-state index contributed by atoms with van der Waals surface area (Å²) in [6.45, 7) is 0.0122. The van der Waals surface area contributed by atoms with Crippen LogP contribution in [0.5, 0.6) is 0 Å². The summed E-state index contributed by atoms with van der Waals surface area (Å²) in [7, 11) is -2.89. The van der Waals surface area contributed by atoms with Crippen molar-refractivity contribution in [2.75, 3.05) is 13.2 Å². The molecule has 1 unspecified atom stereocenters. The topological polar surface area (TPSA) is 118 Å². The van der Waals surface area contributed by atoms with Crippen molar-refractivity contribution in [1.29, 1.82) is 0 Å². The maximum atomic E-state index is 13.0. The summed E-state index contributed by atoms with van der Waals surface area (Å²) in [5.74, 6) is 0. The van der Waals surface area contributed by atoms with Gasteiger partial charge < -0.3 is 15.3 Å². The van der Waals surface area contributed by atoms with Crippen molar-refractivity contribution in [2.45, 2.75) is 30.4 Å². The molecule has 0 heterocycles. The quantitative estimate of drug-likeness (QED) is 0.204. The first-order chi connectivity index (χ1) is 8.11. The van der Waals surface area contributed by atoms with E-state index in [0.29, 0.717) is 0 Å². The molecule has 4 atom stereocenters. The number of rotatable bonds is 8. The van der Waals surface area contributed by atoms with Gasteiger partial charge in [0.2, 0.25) is 6.41 Å². The van der Waals surface area contributed by atoms with Crippen molar-refractivity contribution in [1.82, 2.24) is 5.06 Å². The number of halogens is 2. The first-order valence-electron chi connectivity index (χ1n) is 4.85. The molecule has 18 heavy (non-hydrogen) atoms. The fourth-order valence-electron chi connectivity index (χ4n) is 1.10. The molecule has 7 nitrogen and oxygen atoms in total. The molecule has 0 saturated carbocycles. The Kier molecular flexibility index (Phi) is 6.72. The van der Waals surface area contributed by atoms with E-state index < -0.39 is 44.7 Å². The van der Waals surface area contributed by atoms with Crippen LogP contribution in [0, 0.1) is 0 Å². The number of hydroxylamine groups is 2. The second-order valence-electron chi connectivity index (χ2n) is 3.72. The zero-order valence-corrected chi connectivity index (χ0v) is 10.4. The van der Waals surface area contributed by atoms with Crippen LogP contribution in [0.15, 0.2) is 0 Å². The van der Waals surface area contributed by atoms with Gasteiger partial charge in [-0.25, -0.2) is 5.06 Å². The number of alkyl halides is 2. The number of carbonyl (C=O) groups is 1. The summed E-state index contributed by atoms with van der Waals surface area (Å²) < 4.78 is 36.7. The minimum Gasteiger partial charge on any atom is -0.390 e. The summed E-state index contributed by atoms with van der Waals surface area (Å²) in [4.78, 5) is 10.0. The second kappa shape index (κ2) is 7.01. The van der Waals surface area contributed by atoms with Crippen molar-refractivity contribution in [3.63, 3.8) is 0 Å². The molecule has 0 aromatic carbocycles. The molecule has 106 valence electrons. The number of hydrogen-bond acceptors (Lipinski definition) is 6. The molecule has 0 aliphatic carbocycles. The molecule has 10 heteroatoms. The van der Waals surface area contributed by atoms with E-state index in [1.54, 1.807) is 0 Å². The number of hydrogen-bond donors (Lipinski definition) is 4. The van der Waals surface area contributed by atoms with Crippen molar-refractivity contribution < 1.29 is 38.7 Å². The van der Waals surface area contributed by atoms with E-state index in [9.17, 15) is 33.5 Å². The van der Waals surface area contributed by atoms with Crippen LogP contribution in [0.25, 0.3) is 0 Å². The fraction of sp³-hybridized carbons (Fsp3) is 0.875. The zero-order chi connectivity index (χ0) is 14.5. The Morgan fingerprint density at radius 3 is 2.22 bits per heavy atom. The van der Waals surface area contributed by atoms with Crippen molar-refractivity contribution >= 4 is 14.2 Å². The van der Waals surface area contributed by atoms with Crippen LogP contribution in [0.2, 0.25) is 0 Å². The highest BCUT2D eigenvalue weighted by Crippen LogP contribution is 2.42. The molecule has 4 N–H and O–H groups in total. The Hall–Kier alpha value is -0.730. The van der Waals surface area contributed by atoms with Crippen LogP contribution in [0.1, 0.15) is 6.42 Å². The van der Waals surface area contributed by atoms with Gasteiger partial charge in [-0.15, -0.1) is 0 Å². The van der Waals surface area contributed by atoms with E-state index in [1.165, 1.54) is 0 Å². The predicted octanol–water partition coefficient (Wildman–Crippen LogP) is -0.643. The van der Waals surface area contributed by atoms with E-state index in [1.807, 2.05) is 0 Å². The molecular weight excluding hydrogens is 275 g/mol. The van der Waals surface area contributed by atoms with Crippen molar-refractivity contribution in [2.24, 2.45) is 0 Å². The van der Waals surface area contributed by atoms with Crippen LogP contribution in [0.4, 0.5) is 8.78 Å². The molecule has 0 saturated heterocycles. The number of nitrogens with zero attached hydrogens (tertiary/aromatic N) is 1. The van der Waals surface area contributed by atoms with Crippen molar-refractivity contribution in [3.05, 3.63) is 0 Å². The van der Waals surface area contributed by atoms with Gasteiger partial charge in [-0.2, -0.15) is 8.78 Å². The summed E-state index contributed by atoms with van der Waals surface area (Å²) in [6, 6.07) is 0.